The molecule has 0 radical (unpaired) electrons. The molecule has 0 saturated heterocycles. The fourth-order valence-electron chi connectivity index (χ4n) is 1.22. The van der Waals surface area contributed by atoms with Crippen LogP contribution in [0, 0.1) is 5.41 Å². The number of nitrogens with zero attached hydrogens (tertiary/aromatic N) is 1. The van der Waals surface area contributed by atoms with Gasteiger partial charge >= 0.3 is 0 Å². The number of rotatable bonds is 7. The lowest BCUT2D eigenvalue weighted by molar-refractivity contribution is 0.304. The zero-order valence-electron chi connectivity index (χ0n) is 9.51. The molecule has 84 valence electrons. The molecule has 0 unspecified atom stereocenters. The maximum Gasteiger partial charge on any atom is 0.144 e. The lowest BCUT2D eigenvalue weighted by Crippen LogP contribution is -2.32. The minimum absolute atomic E-state index is 0.206. The molecule has 14 heavy (non-hydrogen) atoms. The van der Waals surface area contributed by atoms with Crippen molar-refractivity contribution in [3.05, 3.63) is 0 Å². The summed E-state index contributed by atoms with van der Waals surface area (Å²) in [5.41, 5.74) is 5.37. The molecule has 0 spiro atoms. The number of oxime groups is 1. The van der Waals surface area contributed by atoms with Gasteiger partial charge in [-0.05, 0) is 32.4 Å². The first kappa shape index (κ1) is 13.2. The van der Waals surface area contributed by atoms with Crippen molar-refractivity contribution in [3.8, 4) is 0 Å². The second-order valence-corrected chi connectivity index (χ2v) is 4.22. The highest BCUT2D eigenvalue weighted by molar-refractivity contribution is 5.85. The highest BCUT2D eigenvalue weighted by atomic mass is 16.4. The van der Waals surface area contributed by atoms with E-state index in [-0.39, 0.29) is 5.41 Å². The topological polar surface area (TPSA) is 70.6 Å². The summed E-state index contributed by atoms with van der Waals surface area (Å²) in [7, 11) is 0. The zero-order valence-corrected chi connectivity index (χ0v) is 9.51. The summed E-state index contributed by atoms with van der Waals surface area (Å²) in [6, 6.07) is 0. The van der Waals surface area contributed by atoms with Crippen LogP contribution >= 0.6 is 0 Å². The largest absolute Gasteiger partial charge is 0.409 e. The number of hydrogen-bond donors (Lipinski definition) is 3. The Morgan fingerprint density at radius 1 is 1.43 bits per heavy atom. The van der Waals surface area contributed by atoms with Gasteiger partial charge in [0.2, 0.25) is 0 Å². The predicted molar refractivity (Wildman–Crippen MR) is 59.6 cm³/mol. The van der Waals surface area contributed by atoms with Crippen LogP contribution in [0.5, 0.6) is 0 Å². The lowest BCUT2D eigenvalue weighted by Gasteiger charge is -2.22. The smallest absolute Gasteiger partial charge is 0.144 e. The summed E-state index contributed by atoms with van der Waals surface area (Å²) in [6.07, 6.45) is 3.13. The first-order valence-corrected chi connectivity index (χ1v) is 5.23. The van der Waals surface area contributed by atoms with Crippen LogP contribution in [0.2, 0.25) is 0 Å². The summed E-state index contributed by atoms with van der Waals surface area (Å²) in [6.45, 7) is 8.18. The molecule has 4 nitrogen and oxygen atoms in total. The average Bonchev–Trinajstić information content (AvgIpc) is 2.16. The van der Waals surface area contributed by atoms with E-state index in [0.717, 1.165) is 32.4 Å². The van der Waals surface area contributed by atoms with Gasteiger partial charge in [-0.15, -0.1) is 0 Å². The Balaban J connectivity index is 3.66. The van der Waals surface area contributed by atoms with Crippen LogP contribution in [0.3, 0.4) is 0 Å². The molecule has 0 fully saturated rings. The van der Waals surface area contributed by atoms with Gasteiger partial charge in [-0.3, -0.25) is 0 Å². The van der Waals surface area contributed by atoms with Gasteiger partial charge in [0.1, 0.15) is 5.84 Å². The van der Waals surface area contributed by atoms with Crippen LogP contribution in [0.25, 0.3) is 0 Å². The van der Waals surface area contributed by atoms with E-state index in [4.69, 9.17) is 10.9 Å². The van der Waals surface area contributed by atoms with Gasteiger partial charge in [-0.25, -0.2) is 0 Å². The summed E-state index contributed by atoms with van der Waals surface area (Å²) in [4.78, 5) is 0. The maximum atomic E-state index is 8.56. The SMILES string of the molecule is CCCNCCCC(C)(C)C(N)=NO. The molecule has 4 heteroatoms. The minimum atomic E-state index is -0.206. The molecule has 0 saturated carbocycles. The van der Waals surface area contributed by atoms with E-state index in [1.54, 1.807) is 0 Å². The second-order valence-electron chi connectivity index (χ2n) is 4.22. The van der Waals surface area contributed by atoms with Crippen molar-refractivity contribution in [2.24, 2.45) is 16.3 Å². The van der Waals surface area contributed by atoms with Gasteiger partial charge in [0.15, 0.2) is 0 Å². The van der Waals surface area contributed by atoms with E-state index in [1.165, 1.54) is 0 Å². The van der Waals surface area contributed by atoms with Gasteiger partial charge in [-0.2, -0.15) is 0 Å². The highest BCUT2D eigenvalue weighted by Gasteiger charge is 2.22. The van der Waals surface area contributed by atoms with Crippen molar-refractivity contribution in [1.29, 1.82) is 0 Å². The molecule has 0 atom stereocenters. The van der Waals surface area contributed by atoms with E-state index in [0.29, 0.717) is 5.84 Å². The molecular weight excluding hydrogens is 178 g/mol. The van der Waals surface area contributed by atoms with Crippen LogP contribution in [0.4, 0.5) is 0 Å². The lowest BCUT2D eigenvalue weighted by atomic mass is 9.86. The zero-order chi connectivity index (χ0) is 11.0. The molecule has 0 aliphatic carbocycles. The first-order valence-electron chi connectivity index (χ1n) is 5.23. The van der Waals surface area contributed by atoms with Crippen LogP contribution in [-0.4, -0.2) is 24.1 Å². The molecule has 0 bridgehead atoms. The number of nitrogens with one attached hydrogen (secondary N) is 1. The molecule has 0 aromatic heterocycles. The molecule has 0 aliphatic rings. The fraction of sp³-hybridized carbons (Fsp3) is 0.900. The van der Waals surface area contributed by atoms with E-state index in [9.17, 15) is 0 Å². The summed E-state index contributed by atoms with van der Waals surface area (Å²) < 4.78 is 0. The molecule has 0 aliphatic heterocycles. The van der Waals surface area contributed by atoms with Gasteiger partial charge in [-0.1, -0.05) is 25.9 Å². The Morgan fingerprint density at radius 2 is 2.07 bits per heavy atom. The van der Waals surface area contributed by atoms with Crippen LogP contribution in [0.15, 0.2) is 5.16 Å². The highest BCUT2D eigenvalue weighted by Crippen LogP contribution is 2.21. The van der Waals surface area contributed by atoms with Gasteiger partial charge in [0.05, 0.1) is 0 Å². The molecule has 0 rings (SSSR count). The summed E-state index contributed by atoms with van der Waals surface area (Å²) in [5, 5.41) is 14.9. The monoisotopic (exact) mass is 201 g/mol. The average molecular weight is 201 g/mol. The standard InChI is InChI=1S/C10H23N3O/c1-4-7-12-8-5-6-10(2,3)9(11)13-14/h12,14H,4-8H2,1-3H3,(H2,11,13). The van der Waals surface area contributed by atoms with Crippen LogP contribution in [0.1, 0.15) is 40.0 Å². The van der Waals surface area contributed by atoms with E-state index < -0.39 is 0 Å². The Kier molecular flexibility index (Phi) is 6.28. The minimum Gasteiger partial charge on any atom is -0.409 e. The fourth-order valence-corrected chi connectivity index (χ4v) is 1.22. The third kappa shape index (κ3) is 5.07. The quantitative estimate of drug-likeness (QED) is 0.192. The van der Waals surface area contributed by atoms with Crippen molar-refractivity contribution in [2.45, 2.75) is 40.0 Å². The molecule has 0 aromatic rings. The van der Waals surface area contributed by atoms with Gasteiger partial charge < -0.3 is 16.3 Å². The molecule has 0 amide bonds. The number of hydrogen-bond acceptors (Lipinski definition) is 3. The first-order chi connectivity index (χ1) is 6.54. The van der Waals surface area contributed by atoms with Crippen molar-refractivity contribution < 1.29 is 5.21 Å². The number of amidine groups is 1. The van der Waals surface area contributed by atoms with Crippen molar-refractivity contribution in [2.75, 3.05) is 13.1 Å². The number of nitrogens with two attached hydrogens (primary N) is 1. The van der Waals surface area contributed by atoms with E-state index >= 15 is 0 Å². The molecule has 4 N–H and O–H groups in total. The van der Waals surface area contributed by atoms with Gasteiger partial charge in [0, 0.05) is 5.41 Å². The van der Waals surface area contributed by atoms with Crippen LogP contribution < -0.4 is 11.1 Å². The van der Waals surface area contributed by atoms with E-state index in [2.05, 4.69) is 17.4 Å². The molecule has 0 heterocycles. The normalized spacial score (nSPS) is 13.2. The summed E-state index contributed by atoms with van der Waals surface area (Å²) >= 11 is 0. The Hall–Kier alpha value is -0.770. The Labute approximate surface area is 86.6 Å². The van der Waals surface area contributed by atoms with Crippen molar-refractivity contribution >= 4 is 5.84 Å². The molecular formula is C10H23N3O. The summed E-state index contributed by atoms with van der Waals surface area (Å²) in [5.74, 6) is 0.313. The molecule has 0 aromatic carbocycles. The van der Waals surface area contributed by atoms with Crippen LogP contribution in [-0.2, 0) is 0 Å². The Bertz CT molecular complexity index is 178. The maximum absolute atomic E-state index is 8.56. The van der Waals surface area contributed by atoms with E-state index in [1.807, 2.05) is 13.8 Å². The predicted octanol–water partition coefficient (Wildman–Crippen LogP) is 1.54. The van der Waals surface area contributed by atoms with Gasteiger partial charge in [0.25, 0.3) is 0 Å². The second kappa shape index (κ2) is 6.65. The van der Waals surface area contributed by atoms with Crippen molar-refractivity contribution in [3.63, 3.8) is 0 Å². The Morgan fingerprint density at radius 3 is 2.57 bits per heavy atom. The third-order valence-corrected chi connectivity index (χ3v) is 2.38. The third-order valence-electron chi connectivity index (χ3n) is 2.38. The van der Waals surface area contributed by atoms with Crippen molar-refractivity contribution in [1.82, 2.24) is 5.32 Å².